The second-order valence-corrected chi connectivity index (χ2v) is 13.3. The van der Waals surface area contributed by atoms with Crippen LogP contribution in [0, 0.1) is 11.1 Å². The van der Waals surface area contributed by atoms with Crippen LogP contribution < -0.4 is 10.5 Å². The van der Waals surface area contributed by atoms with Gasteiger partial charge in [0, 0.05) is 25.0 Å². The SMILES string of the molecule is CC(C)N(C[C@H]1O[C@@H](n2cnc3c(N)ncnc32)[C@H](O)[C@@H]1O)C1CC(CCc2[nH]c3ccc(C(C)(C)C)cc3[n+]2[O-])C1. The second-order valence-electron chi connectivity index (χ2n) is 13.3. The van der Waals surface area contributed by atoms with E-state index >= 15 is 0 Å². The molecular weight excluding hydrogens is 536 g/mol. The quantitative estimate of drug-likeness (QED) is 0.182. The minimum absolute atomic E-state index is 0.0161. The van der Waals surface area contributed by atoms with Crippen molar-refractivity contribution in [2.75, 3.05) is 12.3 Å². The number of nitrogens with two attached hydrogens (primary N) is 1. The smallest absolute Gasteiger partial charge is 0.258 e. The number of hydrogen-bond acceptors (Lipinski definition) is 9. The summed E-state index contributed by atoms with van der Waals surface area (Å²) in [6, 6.07) is 6.68. The number of nitrogens with zero attached hydrogens (tertiary/aromatic N) is 6. The number of anilines is 1. The number of rotatable bonds is 8. The van der Waals surface area contributed by atoms with Crippen LogP contribution in [-0.4, -0.2) is 76.6 Å². The fourth-order valence-corrected chi connectivity index (χ4v) is 6.49. The van der Waals surface area contributed by atoms with E-state index in [1.807, 2.05) is 12.1 Å². The Hall–Kier alpha value is -3.32. The van der Waals surface area contributed by atoms with Crippen LogP contribution in [0.15, 0.2) is 30.9 Å². The van der Waals surface area contributed by atoms with E-state index in [2.05, 4.69) is 65.5 Å². The van der Waals surface area contributed by atoms with Gasteiger partial charge in [-0.05, 0) is 62.1 Å². The molecule has 1 saturated heterocycles. The number of aliphatic hydroxyl groups is 2. The van der Waals surface area contributed by atoms with Gasteiger partial charge in [-0.1, -0.05) is 26.8 Å². The molecular formula is C30H42N8O4. The van der Waals surface area contributed by atoms with Crippen molar-refractivity contribution in [2.45, 2.75) is 102 Å². The molecule has 0 radical (unpaired) electrons. The minimum Gasteiger partial charge on any atom is -0.710 e. The lowest BCUT2D eigenvalue weighted by Gasteiger charge is -2.46. The number of nitrogens with one attached hydrogen (secondary N) is 1. The highest BCUT2D eigenvalue weighted by Crippen LogP contribution is 2.38. The second kappa shape index (κ2) is 10.7. The van der Waals surface area contributed by atoms with Crippen molar-refractivity contribution in [3.8, 4) is 0 Å². The number of hydrogen-bond donors (Lipinski definition) is 4. The van der Waals surface area contributed by atoms with Crippen LogP contribution in [0.1, 0.15) is 71.5 Å². The summed E-state index contributed by atoms with van der Waals surface area (Å²) in [6.07, 6.45) is 2.92. The lowest BCUT2D eigenvalue weighted by Crippen LogP contribution is -2.52. The molecule has 12 heteroatoms. The monoisotopic (exact) mass is 578 g/mol. The van der Waals surface area contributed by atoms with E-state index in [4.69, 9.17) is 10.5 Å². The van der Waals surface area contributed by atoms with E-state index in [9.17, 15) is 15.4 Å². The Morgan fingerprint density at radius 1 is 1.19 bits per heavy atom. The Morgan fingerprint density at radius 2 is 1.95 bits per heavy atom. The number of H-pyrrole nitrogens is 1. The van der Waals surface area contributed by atoms with E-state index in [0.29, 0.717) is 47.4 Å². The van der Waals surface area contributed by atoms with Gasteiger partial charge in [-0.2, -0.15) is 0 Å². The molecule has 0 amide bonds. The average molecular weight is 579 g/mol. The van der Waals surface area contributed by atoms with Crippen LogP contribution in [0.25, 0.3) is 22.2 Å². The van der Waals surface area contributed by atoms with Gasteiger partial charge in [-0.25, -0.2) is 24.7 Å². The van der Waals surface area contributed by atoms with Crippen molar-refractivity contribution < 1.29 is 19.7 Å². The standard InChI is InChI=1S/C30H42N8O4/c1-16(2)36(13-22-25(39)26(40)29(42-22)37-15-34-24-27(31)32-14-33-28(24)37)19-10-17(11-19)6-9-23-35-20-8-7-18(30(3,4)5)12-21(20)38(23)41/h7-8,12,14-17,19,22,25-26,29,35,39-40H,6,9-11,13H2,1-5H3,(H2,31,32,33)/t17?,19?,22-,25-,26-,29-/m1/s1. The van der Waals surface area contributed by atoms with Crippen LogP contribution >= 0.6 is 0 Å². The van der Waals surface area contributed by atoms with Gasteiger partial charge >= 0.3 is 0 Å². The van der Waals surface area contributed by atoms with Crippen LogP contribution in [0.3, 0.4) is 0 Å². The van der Waals surface area contributed by atoms with E-state index in [1.54, 1.807) is 4.57 Å². The molecule has 1 saturated carbocycles. The summed E-state index contributed by atoms with van der Waals surface area (Å²) in [5.41, 5.74) is 9.50. The van der Waals surface area contributed by atoms with E-state index < -0.39 is 24.5 Å². The maximum absolute atomic E-state index is 13.0. The number of aliphatic hydroxyl groups excluding tert-OH is 2. The predicted octanol–water partition coefficient (Wildman–Crippen LogP) is 2.56. The minimum atomic E-state index is -1.14. The van der Waals surface area contributed by atoms with Crippen molar-refractivity contribution in [3.05, 3.63) is 47.4 Å². The van der Waals surface area contributed by atoms with Gasteiger partial charge in [-0.15, -0.1) is 0 Å². The average Bonchev–Trinajstić information content (AvgIpc) is 3.56. The van der Waals surface area contributed by atoms with Gasteiger partial charge < -0.3 is 25.9 Å². The molecule has 1 aliphatic carbocycles. The molecule has 226 valence electrons. The summed E-state index contributed by atoms with van der Waals surface area (Å²) in [6.45, 7) is 11.2. The van der Waals surface area contributed by atoms with Gasteiger partial charge in [0.2, 0.25) is 0 Å². The molecule has 12 nitrogen and oxygen atoms in total. The zero-order valence-electron chi connectivity index (χ0n) is 24.9. The zero-order chi connectivity index (χ0) is 29.9. The van der Waals surface area contributed by atoms with Crippen molar-refractivity contribution >= 4 is 28.0 Å². The third-order valence-corrected chi connectivity index (χ3v) is 9.13. The number of fused-ring (bicyclic) bond motifs is 2. The molecule has 4 atom stereocenters. The summed E-state index contributed by atoms with van der Waals surface area (Å²) >= 11 is 0. The van der Waals surface area contributed by atoms with E-state index in [1.165, 1.54) is 12.7 Å². The lowest BCUT2D eigenvalue weighted by atomic mass is 9.76. The molecule has 3 aromatic heterocycles. The Balaban J connectivity index is 1.07. The molecule has 1 aliphatic heterocycles. The number of aromatic amines is 1. The van der Waals surface area contributed by atoms with Crippen molar-refractivity contribution in [1.29, 1.82) is 0 Å². The topological polar surface area (TPSA) is 165 Å². The largest absolute Gasteiger partial charge is 0.710 e. The fraction of sp³-hybridized carbons (Fsp3) is 0.600. The van der Waals surface area contributed by atoms with Gasteiger partial charge in [0.25, 0.3) is 5.82 Å². The van der Waals surface area contributed by atoms with E-state index in [-0.39, 0.29) is 17.3 Å². The molecule has 2 aliphatic rings. The molecule has 0 spiro atoms. The summed E-state index contributed by atoms with van der Waals surface area (Å²) < 4.78 is 8.89. The Kier molecular flexibility index (Phi) is 7.37. The number of imidazole rings is 2. The highest BCUT2D eigenvalue weighted by atomic mass is 16.6. The molecule has 0 unspecified atom stereocenters. The third kappa shape index (κ3) is 5.10. The molecule has 6 rings (SSSR count). The molecule has 0 bridgehead atoms. The summed E-state index contributed by atoms with van der Waals surface area (Å²) in [5.74, 6) is 1.47. The third-order valence-electron chi connectivity index (χ3n) is 9.13. The number of aromatic nitrogens is 6. The Morgan fingerprint density at radius 3 is 2.67 bits per heavy atom. The molecule has 1 aromatic carbocycles. The van der Waals surface area contributed by atoms with Crippen molar-refractivity contribution in [1.82, 2.24) is 29.4 Å². The Labute approximate surface area is 245 Å². The first-order valence-corrected chi connectivity index (χ1v) is 14.9. The van der Waals surface area contributed by atoms with Crippen molar-refractivity contribution in [2.24, 2.45) is 5.92 Å². The zero-order valence-corrected chi connectivity index (χ0v) is 24.9. The van der Waals surface area contributed by atoms with Gasteiger partial charge in [0.1, 0.15) is 30.2 Å². The number of benzene rings is 1. The number of aryl methyl sites for hydroxylation is 1. The van der Waals surface area contributed by atoms with Gasteiger partial charge in [0.15, 0.2) is 28.7 Å². The van der Waals surface area contributed by atoms with Crippen LogP contribution in [0.2, 0.25) is 0 Å². The number of nitrogen functional groups attached to an aromatic ring is 1. The van der Waals surface area contributed by atoms with E-state index in [0.717, 1.165) is 35.1 Å². The maximum Gasteiger partial charge on any atom is 0.258 e. The highest BCUT2D eigenvalue weighted by Gasteiger charge is 2.46. The molecule has 4 aromatic rings. The summed E-state index contributed by atoms with van der Waals surface area (Å²) in [4.78, 5) is 18.2. The molecule has 5 N–H and O–H groups in total. The molecule has 2 fully saturated rings. The highest BCUT2D eigenvalue weighted by molar-refractivity contribution is 5.81. The summed E-state index contributed by atoms with van der Waals surface area (Å²) in [7, 11) is 0. The van der Waals surface area contributed by atoms with Gasteiger partial charge in [-0.3, -0.25) is 9.47 Å². The molecule has 4 heterocycles. The fourth-order valence-electron chi connectivity index (χ4n) is 6.49. The van der Waals surface area contributed by atoms with Crippen LogP contribution in [0.5, 0.6) is 0 Å². The van der Waals surface area contributed by atoms with Crippen LogP contribution in [-0.2, 0) is 16.6 Å². The van der Waals surface area contributed by atoms with Crippen LogP contribution in [0.4, 0.5) is 5.82 Å². The molecule has 42 heavy (non-hydrogen) atoms. The first-order chi connectivity index (χ1) is 19.9. The van der Waals surface area contributed by atoms with Crippen molar-refractivity contribution in [3.63, 3.8) is 0 Å². The normalized spacial score (nSPS) is 26.6. The van der Waals surface area contributed by atoms with Gasteiger partial charge in [0.05, 0.1) is 6.33 Å². The summed E-state index contributed by atoms with van der Waals surface area (Å²) in [5, 5.41) is 34.9. The first-order valence-electron chi connectivity index (χ1n) is 14.9. The maximum atomic E-state index is 13.0. The Bertz CT molecular complexity index is 1570. The predicted molar refractivity (Wildman–Crippen MR) is 158 cm³/mol. The lowest BCUT2D eigenvalue weighted by molar-refractivity contribution is -0.586. The number of ether oxygens (including phenoxy) is 1. The first kappa shape index (κ1) is 28.8.